The summed E-state index contributed by atoms with van der Waals surface area (Å²) in [5, 5.41) is 12.2. The normalized spacial score (nSPS) is 17.7. The molecule has 2 aliphatic rings. The van der Waals surface area contributed by atoms with Gasteiger partial charge in [0.1, 0.15) is 5.69 Å². The van der Waals surface area contributed by atoms with E-state index in [1.165, 1.54) is 24.0 Å². The molecule has 3 N–H and O–H groups in total. The molecule has 1 aliphatic carbocycles. The number of nitrogens with zero attached hydrogens (tertiary/aromatic N) is 3. The molecule has 0 atom stereocenters. The second kappa shape index (κ2) is 7.21. The lowest BCUT2D eigenvalue weighted by atomic mass is 9.83. The van der Waals surface area contributed by atoms with Crippen molar-refractivity contribution in [3.63, 3.8) is 0 Å². The molecule has 3 heterocycles. The number of nitrogens with one attached hydrogen (secondary N) is 1. The highest BCUT2D eigenvalue weighted by Gasteiger charge is 2.28. The van der Waals surface area contributed by atoms with Gasteiger partial charge < -0.3 is 24.9 Å². The van der Waals surface area contributed by atoms with Crippen molar-refractivity contribution in [3.8, 4) is 11.6 Å². The zero-order chi connectivity index (χ0) is 20.9. The third-order valence-electron chi connectivity index (χ3n) is 5.58. The van der Waals surface area contributed by atoms with Crippen LogP contribution in [-0.2, 0) is 14.9 Å². The number of nitrogen functional groups attached to an aromatic ring is 1. The molecule has 8 heteroatoms. The molecule has 0 bridgehead atoms. The van der Waals surface area contributed by atoms with Crippen LogP contribution in [0.2, 0.25) is 0 Å². The smallest absolute Gasteiger partial charge is 0.315 e. The summed E-state index contributed by atoms with van der Waals surface area (Å²) >= 11 is 0. The second-order valence-electron chi connectivity index (χ2n) is 9.05. The standard InChI is InChI=1S/C22H27N5O3/c1-22(2,3)15-9-13(12-4-5-12)8-14-16(23)10-17(25-19(14)15)20-26-27-21(30-20)24-11-18-28-6-7-29-18/h8-10,12,18H,4-7,11H2,1-3H3,(H2,23,25)(H,24,27). The van der Waals surface area contributed by atoms with Gasteiger partial charge in [0.25, 0.3) is 5.89 Å². The summed E-state index contributed by atoms with van der Waals surface area (Å²) in [6.45, 7) is 8.23. The molecule has 2 aromatic heterocycles. The Labute approximate surface area is 175 Å². The van der Waals surface area contributed by atoms with Crippen molar-refractivity contribution >= 4 is 22.6 Å². The Hall–Kier alpha value is -2.71. The van der Waals surface area contributed by atoms with Crippen LogP contribution >= 0.6 is 0 Å². The van der Waals surface area contributed by atoms with Gasteiger partial charge in [0.2, 0.25) is 0 Å². The quantitative estimate of drug-likeness (QED) is 0.655. The molecule has 1 aromatic carbocycles. The van der Waals surface area contributed by atoms with Crippen molar-refractivity contribution < 1.29 is 13.9 Å². The van der Waals surface area contributed by atoms with E-state index >= 15 is 0 Å². The van der Waals surface area contributed by atoms with Crippen LogP contribution < -0.4 is 11.1 Å². The summed E-state index contributed by atoms with van der Waals surface area (Å²) in [5.74, 6) is 0.970. The Balaban J connectivity index is 1.50. The molecule has 1 aliphatic heterocycles. The molecule has 8 nitrogen and oxygen atoms in total. The van der Waals surface area contributed by atoms with E-state index in [4.69, 9.17) is 24.6 Å². The number of anilines is 2. The number of ether oxygens (including phenoxy) is 2. The van der Waals surface area contributed by atoms with Crippen LogP contribution in [0.3, 0.4) is 0 Å². The van der Waals surface area contributed by atoms with Crippen LogP contribution in [0, 0.1) is 0 Å². The largest absolute Gasteiger partial charge is 0.402 e. The van der Waals surface area contributed by atoms with Gasteiger partial charge in [0, 0.05) is 11.1 Å². The fraction of sp³-hybridized carbons (Fsp3) is 0.500. The van der Waals surface area contributed by atoms with Crippen molar-refractivity contribution in [2.45, 2.75) is 51.2 Å². The Morgan fingerprint density at radius 3 is 2.57 bits per heavy atom. The van der Waals surface area contributed by atoms with E-state index in [1.54, 1.807) is 0 Å². The van der Waals surface area contributed by atoms with E-state index in [-0.39, 0.29) is 11.7 Å². The van der Waals surface area contributed by atoms with Gasteiger partial charge in [-0.3, -0.25) is 0 Å². The fourth-order valence-corrected chi connectivity index (χ4v) is 3.80. The molecule has 0 unspecified atom stereocenters. The molecule has 5 rings (SSSR count). The predicted molar refractivity (Wildman–Crippen MR) is 114 cm³/mol. The zero-order valence-corrected chi connectivity index (χ0v) is 17.6. The molecular formula is C22H27N5O3. The Bertz CT molecular complexity index is 1080. The van der Waals surface area contributed by atoms with Crippen molar-refractivity contribution in [1.82, 2.24) is 15.2 Å². The van der Waals surface area contributed by atoms with Gasteiger partial charge in [0.05, 0.1) is 25.3 Å². The summed E-state index contributed by atoms with van der Waals surface area (Å²) in [6, 6.07) is 6.59. The lowest BCUT2D eigenvalue weighted by Crippen LogP contribution is -2.20. The molecule has 0 radical (unpaired) electrons. The molecule has 158 valence electrons. The summed E-state index contributed by atoms with van der Waals surface area (Å²) in [7, 11) is 0. The maximum atomic E-state index is 6.47. The lowest BCUT2D eigenvalue weighted by molar-refractivity contribution is -0.0302. The van der Waals surface area contributed by atoms with Crippen molar-refractivity contribution in [3.05, 3.63) is 29.3 Å². The van der Waals surface area contributed by atoms with Gasteiger partial charge in [-0.15, -0.1) is 5.10 Å². The van der Waals surface area contributed by atoms with Gasteiger partial charge in [-0.2, -0.15) is 0 Å². The van der Waals surface area contributed by atoms with Crippen LogP contribution in [0.4, 0.5) is 11.7 Å². The lowest BCUT2D eigenvalue weighted by Gasteiger charge is -2.23. The number of nitrogens with two attached hydrogens (primary N) is 1. The molecular weight excluding hydrogens is 382 g/mol. The third-order valence-corrected chi connectivity index (χ3v) is 5.58. The number of benzene rings is 1. The monoisotopic (exact) mass is 409 g/mol. The Morgan fingerprint density at radius 2 is 1.87 bits per heavy atom. The SMILES string of the molecule is CC(C)(C)c1cc(C2CC2)cc2c(N)cc(-c3nnc(NCC4OCCO4)o3)nc12. The molecule has 1 saturated carbocycles. The number of pyridine rings is 1. The van der Waals surface area contributed by atoms with Gasteiger partial charge in [0.15, 0.2) is 6.29 Å². The zero-order valence-electron chi connectivity index (χ0n) is 17.6. The fourth-order valence-electron chi connectivity index (χ4n) is 3.80. The minimum Gasteiger partial charge on any atom is -0.402 e. The van der Waals surface area contributed by atoms with Gasteiger partial charge in [-0.25, -0.2) is 4.98 Å². The summed E-state index contributed by atoms with van der Waals surface area (Å²) in [6.07, 6.45) is 2.19. The van der Waals surface area contributed by atoms with Crippen LogP contribution in [-0.4, -0.2) is 41.2 Å². The van der Waals surface area contributed by atoms with Gasteiger partial charge in [-0.1, -0.05) is 31.9 Å². The first-order valence-corrected chi connectivity index (χ1v) is 10.4. The first-order chi connectivity index (χ1) is 14.4. The van der Waals surface area contributed by atoms with Crippen molar-refractivity contribution in [2.75, 3.05) is 30.8 Å². The van der Waals surface area contributed by atoms with E-state index < -0.39 is 0 Å². The minimum absolute atomic E-state index is 0.0654. The summed E-state index contributed by atoms with van der Waals surface area (Å²) < 4.78 is 16.6. The molecule has 2 fully saturated rings. The van der Waals surface area contributed by atoms with E-state index in [0.29, 0.717) is 49.0 Å². The van der Waals surface area contributed by atoms with Crippen LogP contribution in [0.5, 0.6) is 0 Å². The maximum Gasteiger partial charge on any atom is 0.315 e. The first kappa shape index (κ1) is 19.3. The Kier molecular flexibility index (Phi) is 4.63. The molecule has 30 heavy (non-hydrogen) atoms. The number of rotatable bonds is 5. The maximum absolute atomic E-state index is 6.47. The summed E-state index contributed by atoms with van der Waals surface area (Å²) in [4.78, 5) is 4.89. The average molecular weight is 409 g/mol. The Morgan fingerprint density at radius 1 is 1.10 bits per heavy atom. The molecule has 3 aromatic rings. The van der Waals surface area contributed by atoms with E-state index in [1.807, 2.05) is 6.07 Å². The minimum atomic E-state index is -0.301. The van der Waals surface area contributed by atoms with E-state index in [0.717, 1.165) is 10.9 Å². The topological polar surface area (TPSA) is 108 Å². The van der Waals surface area contributed by atoms with Crippen molar-refractivity contribution in [1.29, 1.82) is 0 Å². The highest BCUT2D eigenvalue weighted by Crippen LogP contribution is 2.44. The number of hydrogen-bond acceptors (Lipinski definition) is 8. The number of fused-ring (bicyclic) bond motifs is 1. The van der Waals surface area contributed by atoms with E-state index in [2.05, 4.69) is 48.4 Å². The molecule has 0 spiro atoms. The van der Waals surface area contributed by atoms with Crippen molar-refractivity contribution in [2.24, 2.45) is 0 Å². The second-order valence-corrected chi connectivity index (χ2v) is 9.05. The molecule has 0 amide bonds. The van der Waals surface area contributed by atoms with Crippen LogP contribution in [0.25, 0.3) is 22.5 Å². The highest BCUT2D eigenvalue weighted by atomic mass is 16.7. The average Bonchev–Trinajstić information content (AvgIpc) is 3.22. The summed E-state index contributed by atoms with van der Waals surface area (Å²) in [5.41, 5.74) is 11.1. The number of aromatic nitrogens is 3. The van der Waals surface area contributed by atoms with Crippen LogP contribution in [0.1, 0.15) is 50.7 Å². The highest BCUT2D eigenvalue weighted by molar-refractivity contribution is 5.95. The van der Waals surface area contributed by atoms with Gasteiger partial charge >= 0.3 is 6.01 Å². The first-order valence-electron chi connectivity index (χ1n) is 10.4. The third kappa shape index (κ3) is 3.73. The predicted octanol–water partition coefficient (Wildman–Crippen LogP) is 3.83. The van der Waals surface area contributed by atoms with Gasteiger partial charge in [-0.05, 0) is 47.4 Å². The molecule has 1 saturated heterocycles. The number of hydrogen-bond donors (Lipinski definition) is 2. The van der Waals surface area contributed by atoms with Crippen LogP contribution in [0.15, 0.2) is 22.6 Å². The van der Waals surface area contributed by atoms with E-state index in [9.17, 15) is 0 Å².